The van der Waals surface area contributed by atoms with Gasteiger partial charge in [-0.05, 0) is 72.1 Å². The molecule has 0 saturated carbocycles. The van der Waals surface area contributed by atoms with Crippen molar-refractivity contribution in [2.24, 2.45) is 5.41 Å². The van der Waals surface area contributed by atoms with E-state index in [4.69, 9.17) is 19.3 Å². The second-order valence-electron chi connectivity index (χ2n) is 10.2. The summed E-state index contributed by atoms with van der Waals surface area (Å²) in [4.78, 5) is 23.4. The van der Waals surface area contributed by atoms with Crippen molar-refractivity contribution in [1.82, 2.24) is 5.32 Å². The minimum Gasteiger partial charge on any atom is -0.462 e. The molecule has 32 heavy (non-hydrogen) atoms. The lowest BCUT2D eigenvalue weighted by Crippen LogP contribution is -2.43. The molecular weight excluding hydrogens is 410 g/mol. The van der Waals surface area contributed by atoms with Gasteiger partial charge in [0.15, 0.2) is 0 Å². The van der Waals surface area contributed by atoms with Gasteiger partial charge in [0.2, 0.25) is 0 Å². The number of carbonyl (C=O) groups is 2. The average molecular weight is 458 g/mol. The summed E-state index contributed by atoms with van der Waals surface area (Å²) in [5.74, 6) is -0.369. The minimum absolute atomic E-state index is 0.0343. The van der Waals surface area contributed by atoms with Crippen LogP contribution in [-0.2, 0) is 19.0 Å². The summed E-state index contributed by atoms with van der Waals surface area (Å²) in [5.41, 5.74) is -0.613. The first-order valence-corrected chi connectivity index (χ1v) is 11.8. The Morgan fingerprint density at radius 1 is 0.906 bits per heavy atom. The molecule has 0 radical (unpaired) electrons. The molecule has 0 aromatic carbocycles. The molecule has 0 aromatic rings. The van der Waals surface area contributed by atoms with Crippen molar-refractivity contribution in [3.8, 4) is 0 Å². The normalized spacial score (nSPS) is 12.4. The van der Waals surface area contributed by atoms with Crippen LogP contribution in [-0.4, -0.2) is 54.7 Å². The third-order valence-corrected chi connectivity index (χ3v) is 6.05. The standard InChI is InChI=1S/C25H47NO6/c1-20(2)21(28)30-18-13-9-11-16-26-22(29)32-24(5,6)15-19-31-25(7,8)23(3,4)14-10-12-17-27/h27H,1,9-19H2,2-8H3,(H,26,29). The summed E-state index contributed by atoms with van der Waals surface area (Å²) < 4.78 is 16.8. The zero-order valence-electron chi connectivity index (χ0n) is 21.5. The predicted octanol–water partition coefficient (Wildman–Crippen LogP) is 5.15. The van der Waals surface area contributed by atoms with Crippen LogP contribution in [0.1, 0.15) is 93.4 Å². The highest BCUT2D eigenvalue weighted by atomic mass is 16.6. The Kier molecular flexibility index (Phi) is 13.8. The maximum Gasteiger partial charge on any atom is 0.407 e. The van der Waals surface area contributed by atoms with Gasteiger partial charge >= 0.3 is 12.1 Å². The molecular formula is C25H47NO6. The molecule has 1 amide bonds. The van der Waals surface area contributed by atoms with Gasteiger partial charge < -0.3 is 24.6 Å². The lowest BCUT2D eigenvalue weighted by atomic mass is 9.73. The molecule has 0 rings (SSSR count). The van der Waals surface area contributed by atoms with Crippen LogP contribution in [0.4, 0.5) is 4.79 Å². The predicted molar refractivity (Wildman–Crippen MR) is 128 cm³/mol. The van der Waals surface area contributed by atoms with Gasteiger partial charge in [0.1, 0.15) is 5.60 Å². The van der Waals surface area contributed by atoms with Crippen molar-refractivity contribution >= 4 is 12.1 Å². The summed E-state index contributed by atoms with van der Waals surface area (Å²) in [6.07, 6.45) is 5.25. The maximum atomic E-state index is 12.1. The Morgan fingerprint density at radius 2 is 1.56 bits per heavy atom. The number of ether oxygens (including phenoxy) is 3. The fourth-order valence-corrected chi connectivity index (χ4v) is 2.95. The minimum atomic E-state index is -0.641. The van der Waals surface area contributed by atoms with Crippen LogP contribution in [0.3, 0.4) is 0 Å². The number of hydrogen-bond donors (Lipinski definition) is 2. The fourth-order valence-electron chi connectivity index (χ4n) is 2.95. The molecule has 7 heteroatoms. The number of esters is 1. The quantitative estimate of drug-likeness (QED) is 0.178. The van der Waals surface area contributed by atoms with Crippen LogP contribution >= 0.6 is 0 Å². The largest absolute Gasteiger partial charge is 0.462 e. The number of nitrogens with one attached hydrogen (secondary N) is 1. The van der Waals surface area contributed by atoms with E-state index in [0.29, 0.717) is 31.8 Å². The third kappa shape index (κ3) is 13.1. The summed E-state index contributed by atoms with van der Waals surface area (Å²) in [5, 5.41) is 11.8. The molecule has 7 nitrogen and oxygen atoms in total. The fraction of sp³-hybridized carbons (Fsp3) is 0.840. The zero-order chi connectivity index (χ0) is 24.8. The summed E-state index contributed by atoms with van der Waals surface area (Å²) in [7, 11) is 0. The van der Waals surface area contributed by atoms with E-state index >= 15 is 0 Å². The Balaban J connectivity index is 4.13. The number of carbonyl (C=O) groups excluding carboxylic acids is 2. The van der Waals surface area contributed by atoms with Crippen molar-refractivity contribution in [2.45, 2.75) is 105 Å². The molecule has 0 atom stereocenters. The van der Waals surface area contributed by atoms with Crippen LogP contribution in [0.5, 0.6) is 0 Å². The van der Waals surface area contributed by atoms with E-state index in [2.05, 4.69) is 39.6 Å². The van der Waals surface area contributed by atoms with Gasteiger partial charge in [-0.25, -0.2) is 9.59 Å². The molecule has 0 spiro atoms. The molecule has 0 aliphatic rings. The van der Waals surface area contributed by atoms with Crippen molar-refractivity contribution in [2.75, 3.05) is 26.4 Å². The monoisotopic (exact) mass is 457 g/mol. The van der Waals surface area contributed by atoms with Gasteiger partial charge in [0.25, 0.3) is 0 Å². The SMILES string of the molecule is C=C(C)C(=O)OCCCCCNC(=O)OC(C)(C)CCOC(C)(C)C(C)(C)CCCCO. The van der Waals surface area contributed by atoms with Crippen molar-refractivity contribution < 1.29 is 28.9 Å². The lowest BCUT2D eigenvalue weighted by molar-refractivity contribution is -0.139. The number of unbranched alkanes of at least 4 members (excludes halogenated alkanes) is 3. The van der Waals surface area contributed by atoms with Gasteiger partial charge in [0, 0.05) is 25.1 Å². The molecule has 0 bridgehead atoms. The number of amides is 1. The van der Waals surface area contributed by atoms with Gasteiger partial charge in [-0.15, -0.1) is 0 Å². The van der Waals surface area contributed by atoms with E-state index < -0.39 is 11.7 Å². The molecule has 0 aliphatic carbocycles. The highest BCUT2D eigenvalue weighted by Crippen LogP contribution is 2.38. The van der Waals surface area contributed by atoms with Crippen LogP contribution in [0, 0.1) is 5.41 Å². The molecule has 188 valence electrons. The van der Waals surface area contributed by atoms with Crippen molar-refractivity contribution in [3.63, 3.8) is 0 Å². The number of alkyl carbamates (subject to hydrolysis) is 1. The summed E-state index contributed by atoms with van der Waals surface area (Å²) in [6, 6.07) is 0. The lowest BCUT2D eigenvalue weighted by Gasteiger charge is -2.42. The second-order valence-corrected chi connectivity index (χ2v) is 10.2. The van der Waals surface area contributed by atoms with Crippen LogP contribution in [0.2, 0.25) is 0 Å². The molecule has 0 saturated heterocycles. The van der Waals surface area contributed by atoms with Crippen molar-refractivity contribution in [1.29, 1.82) is 0 Å². The maximum absolute atomic E-state index is 12.1. The topological polar surface area (TPSA) is 94.1 Å². The first-order chi connectivity index (χ1) is 14.7. The van der Waals surface area contributed by atoms with E-state index in [1.807, 2.05) is 13.8 Å². The molecule has 0 heterocycles. The van der Waals surface area contributed by atoms with E-state index in [1.54, 1.807) is 6.92 Å². The van der Waals surface area contributed by atoms with E-state index in [0.717, 1.165) is 38.5 Å². The van der Waals surface area contributed by atoms with Gasteiger partial charge in [-0.3, -0.25) is 0 Å². The molecule has 2 N–H and O–H groups in total. The van der Waals surface area contributed by atoms with Gasteiger partial charge in [0.05, 0.1) is 18.8 Å². The summed E-state index contributed by atoms with van der Waals surface area (Å²) >= 11 is 0. The summed E-state index contributed by atoms with van der Waals surface area (Å²) in [6.45, 7) is 19.0. The highest BCUT2D eigenvalue weighted by Gasteiger charge is 2.37. The van der Waals surface area contributed by atoms with Gasteiger partial charge in [-0.2, -0.15) is 0 Å². The van der Waals surface area contributed by atoms with Crippen LogP contribution in [0.15, 0.2) is 12.2 Å². The van der Waals surface area contributed by atoms with E-state index in [1.165, 1.54) is 0 Å². The number of aliphatic hydroxyl groups excluding tert-OH is 1. The Labute approximate surface area is 195 Å². The van der Waals surface area contributed by atoms with Gasteiger partial charge in [-0.1, -0.05) is 26.8 Å². The van der Waals surface area contributed by atoms with E-state index in [9.17, 15) is 9.59 Å². The first-order valence-electron chi connectivity index (χ1n) is 11.8. The number of rotatable bonds is 17. The van der Waals surface area contributed by atoms with E-state index in [-0.39, 0.29) is 23.6 Å². The Bertz CT molecular complexity index is 583. The molecule has 0 aliphatic heterocycles. The first kappa shape index (κ1) is 30.4. The molecule has 0 unspecified atom stereocenters. The molecule has 0 fully saturated rings. The second kappa shape index (κ2) is 14.5. The van der Waals surface area contributed by atoms with Crippen LogP contribution in [0.25, 0.3) is 0 Å². The third-order valence-electron chi connectivity index (χ3n) is 6.05. The average Bonchev–Trinajstić information content (AvgIpc) is 2.66. The smallest absolute Gasteiger partial charge is 0.407 e. The Morgan fingerprint density at radius 3 is 2.16 bits per heavy atom. The number of hydrogen-bond acceptors (Lipinski definition) is 6. The Hall–Kier alpha value is -1.60. The van der Waals surface area contributed by atoms with Crippen molar-refractivity contribution in [3.05, 3.63) is 12.2 Å². The zero-order valence-corrected chi connectivity index (χ0v) is 21.5. The highest BCUT2D eigenvalue weighted by molar-refractivity contribution is 5.86. The number of aliphatic hydroxyl groups is 1. The molecule has 0 aromatic heterocycles. The van der Waals surface area contributed by atoms with Crippen LogP contribution < -0.4 is 5.32 Å².